The molecule has 180 valence electrons. The Morgan fingerprint density at radius 3 is 2.18 bits per heavy atom. The van der Waals surface area contributed by atoms with Crippen LogP contribution in [-0.4, -0.2) is 71.7 Å². The molecule has 2 fully saturated rings. The Bertz CT molecular complexity index is 880. The smallest absolute Gasteiger partial charge is 0.246 e. The van der Waals surface area contributed by atoms with Gasteiger partial charge in [0, 0.05) is 32.0 Å². The Morgan fingerprint density at radius 1 is 0.970 bits per heavy atom. The van der Waals surface area contributed by atoms with Gasteiger partial charge in [-0.15, -0.1) is 0 Å². The Hall–Kier alpha value is -2.90. The van der Waals surface area contributed by atoms with Crippen LogP contribution in [0.1, 0.15) is 52.0 Å². The largest absolute Gasteiger partial charge is 0.357 e. The van der Waals surface area contributed by atoms with Crippen molar-refractivity contribution in [2.24, 2.45) is 5.41 Å². The molecule has 3 atom stereocenters. The van der Waals surface area contributed by atoms with Crippen molar-refractivity contribution < 1.29 is 19.2 Å². The van der Waals surface area contributed by atoms with Gasteiger partial charge in [-0.1, -0.05) is 51.1 Å². The summed E-state index contributed by atoms with van der Waals surface area (Å²) in [6, 6.07) is 7.62. The highest BCUT2D eigenvalue weighted by Gasteiger charge is 2.44. The van der Waals surface area contributed by atoms with Crippen molar-refractivity contribution in [2.45, 2.75) is 71.0 Å². The number of carbonyl (C=O) groups is 4. The van der Waals surface area contributed by atoms with Crippen LogP contribution in [0.5, 0.6) is 0 Å². The lowest BCUT2D eigenvalue weighted by Crippen LogP contribution is -2.56. The van der Waals surface area contributed by atoms with Gasteiger partial charge < -0.3 is 20.4 Å². The molecule has 33 heavy (non-hydrogen) atoms. The van der Waals surface area contributed by atoms with Crippen molar-refractivity contribution in [3.63, 3.8) is 0 Å². The fourth-order valence-electron chi connectivity index (χ4n) is 4.69. The number of hydrogen-bond acceptors (Lipinski definition) is 4. The molecule has 2 aliphatic heterocycles. The van der Waals surface area contributed by atoms with Crippen LogP contribution in [0.2, 0.25) is 0 Å². The normalized spacial score (nSPS) is 21.6. The number of amides is 4. The Labute approximate surface area is 196 Å². The zero-order valence-electron chi connectivity index (χ0n) is 20.1. The first-order valence-corrected chi connectivity index (χ1v) is 11.8. The Morgan fingerprint density at radius 2 is 1.58 bits per heavy atom. The third-order valence-electron chi connectivity index (χ3n) is 6.44. The van der Waals surface area contributed by atoms with E-state index in [-0.39, 0.29) is 23.6 Å². The minimum atomic E-state index is -0.729. The molecule has 8 heteroatoms. The van der Waals surface area contributed by atoms with Crippen molar-refractivity contribution in [3.8, 4) is 0 Å². The maximum Gasteiger partial charge on any atom is 0.246 e. The van der Waals surface area contributed by atoms with Crippen LogP contribution in [-0.2, 0) is 25.6 Å². The first kappa shape index (κ1) is 24.7. The van der Waals surface area contributed by atoms with Crippen molar-refractivity contribution >= 4 is 23.6 Å². The molecule has 1 aromatic rings. The number of likely N-dealkylation sites (N-methyl/N-ethyl adjacent to an activating group) is 1. The van der Waals surface area contributed by atoms with E-state index in [0.717, 1.165) is 12.0 Å². The van der Waals surface area contributed by atoms with Gasteiger partial charge in [0.05, 0.1) is 0 Å². The summed E-state index contributed by atoms with van der Waals surface area (Å²) < 4.78 is 0. The molecule has 0 spiro atoms. The van der Waals surface area contributed by atoms with Crippen molar-refractivity contribution in [3.05, 3.63) is 35.9 Å². The van der Waals surface area contributed by atoms with E-state index in [1.165, 1.54) is 0 Å². The predicted octanol–water partition coefficient (Wildman–Crippen LogP) is 1.49. The van der Waals surface area contributed by atoms with Gasteiger partial charge in [-0.25, -0.2) is 0 Å². The summed E-state index contributed by atoms with van der Waals surface area (Å²) in [7, 11) is 1.54. The highest BCUT2D eigenvalue weighted by molar-refractivity contribution is 5.95. The second-order valence-electron chi connectivity index (χ2n) is 9.96. The Balaban J connectivity index is 1.71. The molecule has 4 amide bonds. The van der Waals surface area contributed by atoms with Gasteiger partial charge in [0.15, 0.2) is 0 Å². The van der Waals surface area contributed by atoms with Gasteiger partial charge in [0.25, 0.3) is 0 Å². The van der Waals surface area contributed by atoms with Gasteiger partial charge in [-0.3, -0.25) is 19.2 Å². The third-order valence-corrected chi connectivity index (χ3v) is 6.44. The fourth-order valence-corrected chi connectivity index (χ4v) is 4.69. The quantitative estimate of drug-likeness (QED) is 0.678. The van der Waals surface area contributed by atoms with Gasteiger partial charge >= 0.3 is 0 Å². The van der Waals surface area contributed by atoms with Crippen LogP contribution >= 0.6 is 0 Å². The van der Waals surface area contributed by atoms with E-state index in [9.17, 15) is 19.2 Å². The fraction of sp³-hybridized carbons (Fsp3) is 0.600. The highest BCUT2D eigenvalue weighted by Crippen LogP contribution is 2.29. The van der Waals surface area contributed by atoms with Gasteiger partial charge in [0.2, 0.25) is 23.6 Å². The second kappa shape index (κ2) is 10.4. The average molecular weight is 457 g/mol. The maximum absolute atomic E-state index is 13.4. The first-order chi connectivity index (χ1) is 15.6. The van der Waals surface area contributed by atoms with Gasteiger partial charge in [-0.2, -0.15) is 0 Å². The number of rotatable bonds is 6. The minimum absolute atomic E-state index is 0.0407. The molecular formula is C25H36N4O4. The van der Waals surface area contributed by atoms with Crippen molar-refractivity contribution in [2.75, 3.05) is 20.1 Å². The van der Waals surface area contributed by atoms with E-state index < -0.39 is 23.5 Å². The van der Waals surface area contributed by atoms with E-state index in [0.29, 0.717) is 38.8 Å². The molecule has 2 heterocycles. The van der Waals surface area contributed by atoms with Gasteiger partial charge in [-0.05, 0) is 31.2 Å². The summed E-state index contributed by atoms with van der Waals surface area (Å²) >= 11 is 0. The molecular weight excluding hydrogens is 420 g/mol. The van der Waals surface area contributed by atoms with E-state index in [4.69, 9.17) is 0 Å². The molecule has 0 aliphatic carbocycles. The summed E-state index contributed by atoms with van der Waals surface area (Å²) in [5.41, 5.74) is 0.371. The number of likely N-dealkylation sites (tertiary alicyclic amines) is 2. The number of carbonyl (C=O) groups excluding carboxylic acids is 4. The van der Waals surface area contributed by atoms with Crippen LogP contribution in [0.25, 0.3) is 0 Å². The lowest BCUT2D eigenvalue weighted by molar-refractivity contribution is -0.150. The summed E-state index contributed by atoms with van der Waals surface area (Å²) in [6.07, 6.45) is 3.01. The minimum Gasteiger partial charge on any atom is -0.357 e. The molecule has 3 rings (SSSR count). The Kier molecular flexibility index (Phi) is 7.76. The zero-order chi connectivity index (χ0) is 24.2. The first-order valence-electron chi connectivity index (χ1n) is 11.8. The van der Waals surface area contributed by atoms with Crippen LogP contribution in [0.4, 0.5) is 0 Å². The van der Waals surface area contributed by atoms with Crippen LogP contribution in [0, 0.1) is 5.41 Å². The third kappa shape index (κ3) is 5.72. The number of nitrogens with zero attached hydrogens (tertiary/aromatic N) is 2. The van der Waals surface area contributed by atoms with Gasteiger partial charge in [0.1, 0.15) is 18.1 Å². The molecule has 2 aliphatic rings. The summed E-state index contributed by atoms with van der Waals surface area (Å²) in [4.78, 5) is 55.3. The van der Waals surface area contributed by atoms with Crippen LogP contribution < -0.4 is 10.6 Å². The van der Waals surface area contributed by atoms with E-state index >= 15 is 0 Å². The molecule has 8 nitrogen and oxygen atoms in total. The summed E-state index contributed by atoms with van der Waals surface area (Å²) in [6.45, 7) is 6.61. The average Bonchev–Trinajstić information content (AvgIpc) is 3.47. The van der Waals surface area contributed by atoms with Crippen molar-refractivity contribution in [1.82, 2.24) is 20.4 Å². The maximum atomic E-state index is 13.4. The van der Waals surface area contributed by atoms with E-state index in [1.54, 1.807) is 16.8 Å². The topological polar surface area (TPSA) is 98.8 Å². The molecule has 0 aromatic heterocycles. The van der Waals surface area contributed by atoms with E-state index in [2.05, 4.69) is 10.6 Å². The second-order valence-corrected chi connectivity index (χ2v) is 9.96. The molecule has 2 saturated heterocycles. The number of benzene rings is 1. The molecule has 1 aromatic carbocycles. The molecule has 2 N–H and O–H groups in total. The van der Waals surface area contributed by atoms with E-state index in [1.807, 2.05) is 51.1 Å². The van der Waals surface area contributed by atoms with Crippen molar-refractivity contribution in [1.29, 1.82) is 0 Å². The highest BCUT2D eigenvalue weighted by atomic mass is 16.2. The lowest BCUT2D eigenvalue weighted by atomic mass is 9.94. The molecule has 0 unspecified atom stereocenters. The SMILES string of the molecule is CNC(=O)[C@@H](Cc1ccccc1)NC(=O)[C@@H]1CCCN1C(=O)[C@H]1CCCN1C(=O)C(C)(C)C. The standard InChI is InChI=1S/C25H36N4O4/c1-25(2,3)24(33)29-15-9-13-20(29)23(32)28-14-8-12-19(28)22(31)27-18(21(30)26-4)16-17-10-6-5-7-11-17/h5-7,10-11,18-20H,8-9,12-16H2,1-4H3,(H,26,30)(H,27,31)/t18-,19+,20-/m1/s1. The molecule has 0 radical (unpaired) electrons. The molecule has 0 saturated carbocycles. The van der Waals surface area contributed by atoms with Crippen LogP contribution in [0.15, 0.2) is 30.3 Å². The monoisotopic (exact) mass is 456 g/mol. The summed E-state index contributed by atoms with van der Waals surface area (Å²) in [5, 5.41) is 5.48. The predicted molar refractivity (Wildman–Crippen MR) is 125 cm³/mol. The summed E-state index contributed by atoms with van der Waals surface area (Å²) in [5.74, 6) is -0.804. The number of nitrogens with one attached hydrogen (secondary N) is 2. The zero-order valence-corrected chi connectivity index (χ0v) is 20.1. The lowest BCUT2D eigenvalue weighted by Gasteiger charge is -2.34. The number of hydrogen-bond donors (Lipinski definition) is 2. The molecule has 0 bridgehead atoms. The van der Waals surface area contributed by atoms with Crippen LogP contribution in [0.3, 0.4) is 0 Å².